The molecule has 0 saturated carbocycles. The average molecular weight is 1740 g/mol. The van der Waals surface area contributed by atoms with Crippen LogP contribution in [0.2, 0.25) is 0 Å². The Morgan fingerprint density at radius 2 is 0.808 bits per heavy atom. The SMILES string of the molecule is CCOC(OCC)C(=O)Cc1ccccc1.Cc1ccc(-c2cnc(N)c(Cc3ccccc3)n2)cc1.O=C(OCCCSSc1ccccn1)Oc1ccc(-c2cn3c(O)c(Cc4ccccc4)nc3c(Cc3ccccc3)n2)cc1.OCCCSSc1ccccn1.Oc1ccc(-c2cn3c(O)c(Cc4ccccc4)nc3c(Cc3ccccc3)n2)cc1. The zero-order valence-electron chi connectivity index (χ0n) is 69.5. The molecule has 0 radical (unpaired) electrons. The molecule has 0 aliphatic rings. The summed E-state index contributed by atoms with van der Waals surface area (Å²) in [6, 6.07) is 93.7. The van der Waals surface area contributed by atoms with E-state index in [1.54, 1.807) is 107 Å². The molecule has 16 aromatic rings. The van der Waals surface area contributed by atoms with Gasteiger partial charge in [0.05, 0.1) is 47.0 Å². The molecule has 125 heavy (non-hydrogen) atoms. The van der Waals surface area contributed by atoms with Gasteiger partial charge in [-0.1, -0.05) is 246 Å². The molecule has 0 unspecified atom stereocenters. The maximum Gasteiger partial charge on any atom is 0.513 e. The summed E-state index contributed by atoms with van der Waals surface area (Å²) >= 11 is 0. The van der Waals surface area contributed by atoms with Crippen LogP contribution in [-0.2, 0) is 57.5 Å². The maximum absolute atomic E-state index is 12.2. The lowest BCUT2D eigenvalue weighted by Crippen LogP contribution is -2.29. The van der Waals surface area contributed by atoms with Gasteiger partial charge in [-0.05, 0) is 161 Å². The highest BCUT2D eigenvalue weighted by molar-refractivity contribution is 8.77. The molecule has 7 aromatic heterocycles. The van der Waals surface area contributed by atoms with Crippen LogP contribution >= 0.6 is 43.2 Å². The molecule has 0 saturated heterocycles. The number of nitrogens with zero attached hydrogens (tertiary/aromatic N) is 10. The number of aliphatic hydroxyl groups excluding tert-OH is 1. The van der Waals surface area contributed by atoms with Crippen molar-refractivity contribution in [3.05, 3.63) is 390 Å². The Balaban J connectivity index is 0.000000154. The van der Waals surface area contributed by atoms with Crippen molar-refractivity contribution in [2.45, 2.75) is 88.5 Å². The van der Waals surface area contributed by atoms with E-state index in [4.69, 9.17) is 49.7 Å². The zero-order valence-corrected chi connectivity index (χ0v) is 72.8. The summed E-state index contributed by atoms with van der Waals surface area (Å²) in [6.45, 7) is 7.26. The van der Waals surface area contributed by atoms with Crippen molar-refractivity contribution in [3.8, 4) is 57.0 Å². The molecule has 0 bridgehead atoms. The lowest BCUT2D eigenvalue weighted by atomic mass is 10.1. The summed E-state index contributed by atoms with van der Waals surface area (Å²) in [5.41, 5.74) is 23.4. The zero-order chi connectivity index (χ0) is 87.2. The topological polar surface area (TPSA) is 290 Å². The third-order valence-corrected chi connectivity index (χ3v) is 23.6. The van der Waals surface area contributed by atoms with Crippen molar-refractivity contribution >= 4 is 72.2 Å². The first-order valence-electron chi connectivity index (χ1n) is 40.9. The molecule has 7 heterocycles. The first-order valence-corrected chi connectivity index (χ1v) is 45.5. The smallest absolute Gasteiger partial charge is 0.508 e. The number of nitrogen functional groups attached to an aromatic ring is 1. The predicted molar refractivity (Wildman–Crippen MR) is 500 cm³/mol. The Bertz CT molecular complexity index is 5950. The number of pyridine rings is 2. The summed E-state index contributed by atoms with van der Waals surface area (Å²) in [4.78, 5) is 60.9. The van der Waals surface area contributed by atoms with Crippen LogP contribution in [0.1, 0.15) is 94.1 Å². The van der Waals surface area contributed by atoms with Crippen molar-refractivity contribution in [3.63, 3.8) is 0 Å². The summed E-state index contributed by atoms with van der Waals surface area (Å²) in [5, 5.41) is 42.4. The van der Waals surface area contributed by atoms with Crippen LogP contribution in [0.15, 0.2) is 332 Å². The number of ketones is 1. The van der Waals surface area contributed by atoms with Crippen molar-refractivity contribution < 1.29 is 49.0 Å². The molecule has 21 nitrogen and oxygen atoms in total. The van der Waals surface area contributed by atoms with Gasteiger partial charge in [0, 0.05) is 111 Å². The minimum Gasteiger partial charge on any atom is -0.508 e. The fourth-order valence-electron chi connectivity index (χ4n) is 12.7. The molecule has 16 rings (SSSR count). The quantitative estimate of drug-likeness (QED) is 0.00860. The largest absolute Gasteiger partial charge is 0.513 e. The van der Waals surface area contributed by atoms with E-state index in [1.165, 1.54) is 11.1 Å². The number of carbonyl (C=O) groups excluding carboxylic acids is 2. The Hall–Kier alpha value is -13.0. The van der Waals surface area contributed by atoms with E-state index in [0.717, 1.165) is 95.3 Å². The van der Waals surface area contributed by atoms with Gasteiger partial charge in [-0.2, -0.15) is 0 Å². The summed E-state index contributed by atoms with van der Waals surface area (Å²) < 4.78 is 24.5. The van der Waals surface area contributed by atoms with Gasteiger partial charge < -0.3 is 45.1 Å². The predicted octanol–water partition coefficient (Wildman–Crippen LogP) is 21.0. The number of fused-ring (bicyclic) bond motifs is 2. The first-order chi connectivity index (χ1) is 61.2. The number of nitrogens with two attached hydrogens (primary N) is 1. The number of phenols is 1. The molecule has 9 aromatic carbocycles. The second-order valence-electron chi connectivity index (χ2n) is 28.3. The molecule has 0 atom stereocenters. The summed E-state index contributed by atoms with van der Waals surface area (Å²) in [5.74, 6) is 3.02. The Kier molecular flexibility index (Phi) is 35.6. The maximum atomic E-state index is 12.2. The Morgan fingerprint density at radius 1 is 0.424 bits per heavy atom. The van der Waals surface area contributed by atoms with E-state index < -0.39 is 12.4 Å². The number of aryl methyl sites for hydroxylation is 1. The van der Waals surface area contributed by atoms with Gasteiger partial charge in [-0.25, -0.2) is 44.7 Å². The van der Waals surface area contributed by atoms with E-state index in [0.29, 0.717) is 104 Å². The number of anilines is 1. The summed E-state index contributed by atoms with van der Waals surface area (Å²) in [6.07, 6.45) is 12.2. The number of rotatable bonds is 32. The van der Waals surface area contributed by atoms with E-state index in [9.17, 15) is 24.9 Å². The fourth-order valence-corrected chi connectivity index (χ4v) is 16.6. The fraction of sp³-hybridized carbons (Fsp3) is 0.180. The second kappa shape index (κ2) is 48.8. The number of aromatic hydroxyl groups is 3. The van der Waals surface area contributed by atoms with Crippen LogP contribution in [0.3, 0.4) is 0 Å². The van der Waals surface area contributed by atoms with Crippen LogP contribution in [0.25, 0.3) is 45.1 Å². The lowest BCUT2D eigenvalue weighted by molar-refractivity contribution is -0.167. The van der Waals surface area contributed by atoms with Gasteiger partial charge >= 0.3 is 6.16 Å². The highest BCUT2D eigenvalue weighted by atomic mass is 33.1. The number of phenolic OH excluding ortho intramolecular Hbond substituents is 1. The number of benzene rings is 9. The van der Waals surface area contributed by atoms with Crippen LogP contribution in [0, 0.1) is 6.92 Å². The number of hydrogen-bond acceptors (Lipinski definition) is 23. The molecular weight excluding hydrogens is 1640 g/mol. The monoisotopic (exact) mass is 1740 g/mol. The second-order valence-corrected chi connectivity index (χ2v) is 33.2. The minimum atomic E-state index is -0.746. The summed E-state index contributed by atoms with van der Waals surface area (Å²) in [7, 11) is 6.63. The third-order valence-electron chi connectivity index (χ3n) is 18.9. The van der Waals surface area contributed by atoms with Gasteiger partial charge in [0.1, 0.15) is 38.8 Å². The van der Waals surface area contributed by atoms with Gasteiger partial charge in [-0.15, -0.1) is 0 Å². The van der Waals surface area contributed by atoms with E-state index in [2.05, 4.69) is 75.4 Å². The highest BCUT2D eigenvalue weighted by Gasteiger charge is 2.23. The number of imidazole rings is 2. The van der Waals surface area contributed by atoms with Crippen molar-refractivity contribution in [2.75, 3.05) is 43.7 Å². The number of Topliss-reactive ketones (excluding diaryl/α,β-unsaturated/α-hetero) is 1. The van der Waals surface area contributed by atoms with Gasteiger partial charge in [0.15, 0.2) is 17.1 Å². The molecule has 25 heteroatoms. The van der Waals surface area contributed by atoms with Crippen LogP contribution < -0.4 is 10.5 Å². The molecule has 636 valence electrons. The Labute approximate surface area is 743 Å². The number of carbonyl (C=O) groups is 2. The van der Waals surface area contributed by atoms with E-state index >= 15 is 0 Å². The molecule has 0 fully saturated rings. The number of ether oxygens (including phenoxy) is 4. The van der Waals surface area contributed by atoms with E-state index in [-0.39, 0.29) is 36.5 Å². The number of aliphatic hydroxyl groups is 1. The van der Waals surface area contributed by atoms with Gasteiger partial charge in [0.25, 0.3) is 0 Å². The standard InChI is InChI=1S/C35H30N4O4S2.C26H21N3O2.C18H17N3.C13H18O3.C8H11NOS2/c40-34-30(23-26-12-5-2-6-13-26)38-33-29(22-25-10-3-1-4-11-25)37-31(24-39(33)34)27-15-17-28(18-16-27)43-35(41)42-20-9-21-44-45-32-14-7-8-19-36-32;30-21-13-11-20(12-14-21)24-17-29-25(22(27-24)15-18-7-3-1-4-8-18)28-23(26(29)31)16-19-9-5-2-6-10-19;1-13-7-9-15(10-8-13)17-12-20-18(19)16(21-17)11-14-5-3-2-4-6-14;1-3-15-13(16-4-2)12(14)10-11-8-6-5-7-9-11;10-6-3-7-11-12-8-4-1-2-5-9-8/h1-8,10-19,24,40H,9,20-23H2;1-14,17,30-31H,15-16H2;2-10,12H,11H2,1H3,(H2,19,20);5-9,13H,3-4,10H2,1-2H3;1-2,4-5,10H,3,6-7H2. The van der Waals surface area contributed by atoms with Crippen molar-refractivity contribution in [1.29, 1.82) is 0 Å². The van der Waals surface area contributed by atoms with E-state index in [1.807, 2.05) is 232 Å². The minimum absolute atomic E-state index is 0.0325. The van der Waals surface area contributed by atoms with Crippen LogP contribution in [-0.4, -0.2) is 125 Å². The Morgan fingerprint density at radius 3 is 1.23 bits per heavy atom. The number of aromatic nitrogens is 10. The highest BCUT2D eigenvalue weighted by Crippen LogP contribution is 2.34. The van der Waals surface area contributed by atoms with Crippen LogP contribution in [0.5, 0.6) is 23.3 Å². The molecule has 0 aliphatic carbocycles. The normalized spacial score (nSPS) is 10.8. The van der Waals surface area contributed by atoms with Gasteiger partial charge in [0.2, 0.25) is 18.1 Å². The van der Waals surface area contributed by atoms with Crippen molar-refractivity contribution in [1.82, 2.24) is 48.7 Å². The van der Waals surface area contributed by atoms with Gasteiger partial charge in [-0.3, -0.25) is 13.6 Å². The van der Waals surface area contributed by atoms with Crippen LogP contribution in [0.4, 0.5) is 10.6 Å². The first kappa shape index (κ1) is 91.2. The molecule has 0 spiro atoms. The average Bonchev–Trinajstić information content (AvgIpc) is 1.63. The molecule has 0 amide bonds. The third kappa shape index (κ3) is 28.5. The molecular formula is C100H97N11O10S4. The number of hydrogen-bond donors (Lipinski definition) is 5. The molecule has 0 aliphatic heterocycles. The van der Waals surface area contributed by atoms with Crippen molar-refractivity contribution in [2.24, 2.45) is 0 Å². The molecule has 6 N–H and O–H groups in total. The lowest BCUT2D eigenvalue weighted by Gasteiger charge is -2.15.